The van der Waals surface area contributed by atoms with Gasteiger partial charge in [-0.05, 0) is 59.9 Å². The molecule has 4 rings (SSSR count). The first-order chi connectivity index (χ1) is 19.6. The molecule has 2 atom stereocenters. The summed E-state index contributed by atoms with van der Waals surface area (Å²) in [6.45, 7) is 0.815. The summed E-state index contributed by atoms with van der Waals surface area (Å²) in [5.41, 5.74) is 2.75. The predicted molar refractivity (Wildman–Crippen MR) is 138 cm³/mol. The van der Waals surface area contributed by atoms with Gasteiger partial charge in [-0.1, -0.05) is 24.3 Å². The molecule has 15 heteroatoms. The lowest BCUT2D eigenvalue weighted by molar-refractivity contribution is -0.273. The number of halogens is 6. The van der Waals surface area contributed by atoms with E-state index in [1.807, 2.05) is 6.07 Å². The molecule has 0 unspecified atom stereocenters. The van der Waals surface area contributed by atoms with Gasteiger partial charge in [0.15, 0.2) is 0 Å². The zero-order chi connectivity index (χ0) is 30.7. The third-order valence-corrected chi connectivity index (χ3v) is 7.88. The van der Waals surface area contributed by atoms with Crippen molar-refractivity contribution in [2.75, 3.05) is 13.1 Å². The minimum Gasteiger partial charge on any atom is -0.489 e. The standard InChI is InChI=1S/C27H25F6N3O5S/c28-26(29,30)24(27(31,32)33)25(38)36-42(39,40)21-8-4-16(5-9-21)17-6-10-23-18(12-17)3-7-20(41-23)14-35-15-22(37)19-2-1-11-34-13-19/h1-2,4-6,8-13,20,22,24,35,37H,3,7,14-15H2,(H,36,38)/t20-,22+/m1/s1. The predicted octanol–water partition coefficient (Wildman–Crippen LogP) is 4.31. The van der Waals surface area contributed by atoms with Crippen LogP contribution in [0.1, 0.15) is 23.7 Å². The minimum absolute atomic E-state index is 0.140. The van der Waals surface area contributed by atoms with E-state index in [1.54, 1.807) is 36.7 Å². The lowest BCUT2D eigenvalue weighted by Gasteiger charge is -2.27. The molecule has 0 fully saturated rings. The largest absolute Gasteiger partial charge is 0.489 e. The summed E-state index contributed by atoms with van der Waals surface area (Å²) in [6, 6.07) is 13.4. The van der Waals surface area contributed by atoms with E-state index < -0.39 is 45.2 Å². The molecule has 42 heavy (non-hydrogen) atoms. The fourth-order valence-corrected chi connectivity index (χ4v) is 5.39. The number of fused-ring (bicyclic) bond motifs is 1. The molecule has 0 saturated carbocycles. The maximum Gasteiger partial charge on any atom is 0.409 e. The lowest BCUT2D eigenvalue weighted by Crippen LogP contribution is -2.49. The molecule has 1 aromatic heterocycles. The Labute approximate surface area is 236 Å². The van der Waals surface area contributed by atoms with E-state index in [0.29, 0.717) is 48.4 Å². The van der Waals surface area contributed by atoms with Gasteiger partial charge < -0.3 is 15.2 Å². The Morgan fingerprint density at radius 3 is 2.31 bits per heavy atom. The Morgan fingerprint density at radius 2 is 1.69 bits per heavy atom. The van der Waals surface area contributed by atoms with E-state index in [2.05, 4.69) is 10.3 Å². The molecule has 0 bridgehead atoms. The number of pyridine rings is 1. The van der Waals surface area contributed by atoms with Gasteiger partial charge in [-0.15, -0.1) is 0 Å². The van der Waals surface area contributed by atoms with E-state index in [-0.39, 0.29) is 6.10 Å². The number of carbonyl (C=O) groups is 1. The van der Waals surface area contributed by atoms with E-state index in [4.69, 9.17) is 4.74 Å². The van der Waals surface area contributed by atoms with Gasteiger partial charge in [0, 0.05) is 31.0 Å². The van der Waals surface area contributed by atoms with Crippen LogP contribution in [-0.2, 0) is 21.2 Å². The van der Waals surface area contributed by atoms with Gasteiger partial charge in [-0.2, -0.15) is 26.3 Å². The molecule has 1 aliphatic rings. The summed E-state index contributed by atoms with van der Waals surface area (Å²) < 4.78 is 108. The van der Waals surface area contributed by atoms with Crippen LogP contribution in [0.15, 0.2) is 71.9 Å². The first-order valence-corrected chi connectivity index (χ1v) is 14.0. The highest BCUT2D eigenvalue weighted by Gasteiger charge is 2.61. The molecule has 0 spiro atoms. The summed E-state index contributed by atoms with van der Waals surface area (Å²) in [5, 5.41) is 13.4. The van der Waals surface area contributed by atoms with Crippen molar-refractivity contribution in [2.45, 2.75) is 42.3 Å². The average molecular weight is 618 g/mol. The zero-order valence-corrected chi connectivity index (χ0v) is 22.4. The molecule has 1 amide bonds. The second kappa shape index (κ2) is 12.3. The average Bonchev–Trinajstić information content (AvgIpc) is 2.91. The van der Waals surface area contributed by atoms with Gasteiger partial charge in [0.2, 0.25) is 5.92 Å². The summed E-state index contributed by atoms with van der Waals surface area (Å²) in [4.78, 5) is 15.0. The Kier molecular flexibility index (Phi) is 9.13. The molecule has 2 heterocycles. The molecular formula is C27H25F6N3O5S. The fourth-order valence-electron chi connectivity index (χ4n) is 4.40. The Bertz CT molecular complexity index is 1490. The summed E-state index contributed by atoms with van der Waals surface area (Å²) >= 11 is 0. The maximum atomic E-state index is 12.8. The molecule has 0 aliphatic carbocycles. The monoisotopic (exact) mass is 617 g/mol. The SMILES string of the molecule is O=C(NS(=O)(=O)c1ccc(-c2ccc3c(c2)CC[C@H](CNC[C@H](O)c2cccnc2)O3)cc1)C(C(F)(F)F)C(F)(F)F. The lowest BCUT2D eigenvalue weighted by atomic mass is 9.97. The second-order valence-electron chi connectivity index (χ2n) is 9.57. The number of aliphatic hydroxyl groups is 1. The van der Waals surface area contributed by atoms with Crippen LogP contribution < -0.4 is 14.8 Å². The van der Waals surface area contributed by atoms with Gasteiger partial charge in [0.05, 0.1) is 11.0 Å². The first-order valence-electron chi connectivity index (χ1n) is 12.5. The minimum atomic E-state index is -6.03. The molecule has 226 valence electrons. The zero-order valence-electron chi connectivity index (χ0n) is 21.6. The number of ether oxygens (including phenoxy) is 1. The van der Waals surface area contributed by atoms with Crippen LogP contribution in [0.4, 0.5) is 26.3 Å². The highest BCUT2D eigenvalue weighted by atomic mass is 32.2. The first kappa shape index (κ1) is 31.3. The number of aryl methyl sites for hydroxylation is 1. The fraction of sp³-hybridized carbons (Fsp3) is 0.333. The van der Waals surface area contributed by atoms with Crippen LogP contribution in [0.3, 0.4) is 0 Å². The number of carbonyl (C=O) groups excluding carboxylic acids is 1. The van der Waals surface area contributed by atoms with Crippen molar-refractivity contribution in [3.05, 3.63) is 78.1 Å². The summed E-state index contributed by atoms with van der Waals surface area (Å²) in [6.07, 6.45) is -8.36. The quantitative estimate of drug-likeness (QED) is 0.307. The number of aliphatic hydroxyl groups excluding tert-OH is 1. The summed E-state index contributed by atoms with van der Waals surface area (Å²) in [5.74, 6) is -6.59. The van der Waals surface area contributed by atoms with Gasteiger partial charge >= 0.3 is 12.4 Å². The van der Waals surface area contributed by atoms with Crippen molar-refractivity contribution in [2.24, 2.45) is 5.92 Å². The third-order valence-electron chi connectivity index (χ3n) is 6.52. The molecule has 3 aromatic rings. The van der Waals surface area contributed by atoms with Crippen LogP contribution in [-0.4, -0.2) is 56.0 Å². The van der Waals surface area contributed by atoms with Gasteiger partial charge in [-0.25, -0.2) is 13.1 Å². The Hall–Kier alpha value is -3.69. The van der Waals surface area contributed by atoms with Crippen LogP contribution in [0.2, 0.25) is 0 Å². The van der Waals surface area contributed by atoms with E-state index >= 15 is 0 Å². The van der Waals surface area contributed by atoms with Gasteiger partial charge in [0.25, 0.3) is 15.9 Å². The number of benzene rings is 2. The topological polar surface area (TPSA) is 118 Å². The number of aromatic nitrogens is 1. The van der Waals surface area contributed by atoms with Crippen molar-refractivity contribution in [1.82, 2.24) is 15.0 Å². The number of amides is 1. The van der Waals surface area contributed by atoms with Crippen LogP contribution >= 0.6 is 0 Å². The Morgan fingerprint density at radius 1 is 1.02 bits per heavy atom. The number of alkyl halides is 6. The number of hydrogen-bond acceptors (Lipinski definition) is 7. The van der Waals surface area contributed by atoms with Crippen LogP contribution in [0.5, 0.6) is 5.75 Å². The van der Waals surface area contributed by atoms with Crippen molar-refractivity contribution in [3.8, 4) is 16.9 Å². The van der Waals surface area contributed by atoms with Crippen LogP contribution in [0.25, 0.3) is 11.1 Å². The number of hydrogen-bond donors (Lipinski definition) is 3. The van der Waals surface area contributed by atoms with E-state index in [9.17, 15) is 44.7 Å². The number of sulfonamides is 1. The Balaban J connectivity index is 1.37. The maximum absolute atomic E-state index is 12.8. The van der Waals surface area contributed by atoms with E-state index in [1.165, 1.54) is 12.1 Å². The second-order valence-corrected chi connectivity index (χ2v) is 11.3. The molecule has 8 nitrogen and oxygen atoms in total. The van der Waals surface area contributed by atoms with Gasteiger partial charge in [-0.3, -0.25) is 9.78 Å². The highest BCUT2D eigenvalue weighted by Crippen LogP contribution is 2.39. The number of rotatable bonds is 9. The van der Waals surface area contributed by atoms with Crippen molar-refractivity contribution >= 4 is 15.9 Å². The van der Waals surface area contributed by atoms with Crippen LogP contribution in [0, 0.1) is 5.92 Å². The molecule has 1 aliphatic heterocycles. The van der Waals surface area contributed by atoms with Crippen molar-refractivity contribution < 1.29 is 49.4 Å². The third kappa shape index (κ3) is 7.57. The smallest absolute Gasteiger partial charge is 0.409 e. The number of nitrogens with one attached hydrogen (secondary N) is 2. The summed E-state index contributed by atoms with van der Waals surface area (Å²) in [7, 11) is -5.02. The highest BCUT2D eigenvalue weighted by molar-refractivity contribution is 7.90. The molecule has 0 saturated heterocycles. The molecule has 0 radical (unpaired) electrons. The molecular weight excluding hydrogens is 592 g/mol. The number of nitrogens with zero attached hydrogens (tertiary/aromatic N) is 1. The van der Waals surface area contributed by atoms with Gasteiger partial charge in [0.1, 0.15) is 11.9 Å². The van der Waals surface area contributed by atoms with Crippen molar-refractivity contribution in [3.63, 3.8) is 0 Å². The molecule has 2 aromatic carbocycles. The van der Waals surface area contributed by atoms with Crippen molar-refractivity contribution in [1.29, 1.82) is 0 Å². The normalized spacial score (nSPS) is 16.4. The molecule has 3 N–H and O–H groups in total. The van der Waals surface area contributed by atoms with E-state index in [0.717, 1.165) is 22.4 Å².